The van der Waals surface area contributed by atoms with Gasteiger partial charge in [-0.15, -0.1) is 0 Å². The molecular formula is C18H16N2O5S2. The van der Waals surface area contributed by atoms with Crippen molar-refractivity contribution in [2.24, 2.45) is 0 Å². The van der Waals surface area contributed by atoms with Crippen molar-refractivity contribution in [1.82, 2.24) is 0 Å². The second kappa shape index (κ2) is 7.13. The average molecular weight is 404 g/mol. The normalized spacial score (nSPS) is 18.6. The van der Waals surface area contributed by atoms with E-state index in [2.05, 4.69) is 5.32 Å². The number of para-hydroxylation sites is 1. The van der Waals surface area contributed by atoms with Crippen molar-refractivity contribution in [3.63, 3.8) is 0 Å². The number of sulfone groups is 2. The van der Waals surface area contributed by atoms with Crippen LogP contribution < -0.4 is 5.32 Å². The van der Waals surface area contributed by atoms with Gasteiger partial charge in [-0.2, -0.15) is 5.26 Å². The molecule has 27 heavy (non-hydrogen) atoms. The summed E-state index contributed by atoms with van der Waals surface area (Å²) in [7, 11) is -7.09. The van der Waals surface area contributed by atoms with Gasteiger partial charge in [0.2, 0.25) is 0 Å². The second-order valence-electron chi connectivity index (χ2n) is 6.21. The predicted molar refractivity (Wildman–Crippen MR) is 99.8 cm³/mol. The zero-order chi connectivity index (χ0) is 19.7. The molecule has 3 rings (SSSR count). The molecule has 1 amide bonds. The van der Waals surface area contributed by atoms with E-state index < -0.39 is 30.8 Å². The molecule has 2 aromatic carbocycles. The number of benzene rings is 2. The van der Waals surface area contributed by atoms with Crippen molar-refractivity contribution in [2.75, 3.05) is 16.8 Å². The fraction of sp³-hybridized carbons (Fsp3) is 0.222. The maximum absolute atomic E-state index is 12.6. The van der Waals surface area contributed by atoms with Gasteiger partial charge in [0.05, 0.1) is 32.9 Å². The average Bonchev–Trinajstić information content (AvgIpc) is 3.03. The van der Waals surface area contributed by atoms with Crippen LogP contribution in [0.1, 0.15) is 22.3 Å². The lowest BCUT2D eigenvalue weighted by molar-refractivity contribution is 0.102. The van der Waals surface area contributed by atoms with Crippen LogP contribution in [-0.2, 0) is 19.7 Å². The van der Waals surface area contributed by atoms with Gasteiger partial charge in [-0.25, -0.2) is 16.8 Å². The monoisotopic (exact) mass is 404 g/mol. The van der Waals surface area contributed by atoms with Crippen LogP contribution in [0.5, 0.6) is 0 Å². The van der Waals surface area contributed by atoms with Gasteiger partial charge in [0.25, 0.3) is 5.91 Å². The molecule has 1 fully saturated rings. The minimum absolute atomic E-state index is 0.0152. The summed E-state index contributed by atoms with van der Waals surface area (Å²) < 4.78 is 48.2. The molecule has 140 valence electrons. The third-order valence-corrected chi connectivity index (χ3v) is 8.56. The minimum Gasteiger partial charge on any atom is -0.321 e. The van der Waals surface area contributed by atoms with E-state index in [0.29, 0.717) is 11.3 Å². The zero-order valence-corrected chi connectivity index (χ0v) is 15.8. The predicted octanol–water partition coefficient (Wildman–Crippen LogP) is 1.77. The van der Waals surface area contributed by atoms with Gasteiger partial charge < -0.3 is 5.32 Å². The highest BCUT2D eigenvalue weighted by atomic mass is 32.2. The van der Waals surface area contributed by atoms with Gasteiger partial charge >= 0.3 is 0 Å². The van der Waals surface area contributed by atoms with Crippen LogP contribution in [0.15, 0.2) is 53.4 Å². The third kappa shape index (κ3) is 4.02. The van der Waals surface area contributed by atoms with Crippen LogP contribution in [-0.4, -0.2) is 39.5 Å². The van der Waals surface area contributed by atoms with E-state index in [-0.39, 0.29) is 28.4 Å². The Morgan fingerprint density at radius 2 is 1.78 bits per heavy atom. The summed E-state index contributed by atoms with van der Waals surface area (Å²) >= 11 is 0. The van der Waals surface area contributed by atoms with E-state index in [4.69, 9.17) is 5.26 Å². The van der Waals surface area contributed by atoms with E-state index in [9.17, 15) is 21.6 Å². The Balaban J connectivity index is 1.79. The fourth-order valence-electron chi connectivity index (χ4n) is 2.88. The smallest absolute Gasteiger partial charge is 0.255 e. The Morgan fingerprint density at radius 3 is 2.37 bits per heavy atom. The lowest BCUT2D eigenvalue weighted by atomic mass is 10.1. The number of rotatable bonds is 4. The molecule has 1 saturated heterocycles. The number of nitrogens with zero attached hydrogens (tertiary/aromatic N) is 1. The summed E-state index contributed by atoms with van der Waals surface area (Å²) in [6.07, 6.45) is 0.0812. The summed E-state index contributed by atoms with van der Waals surface area (Å²) in [5.74, 6) is -0.983. The number of carbonyl (C=O) groups excluding carboxylic acids is 1. The quantitative estimate of drug-likeness (QED) is 0.829. The Kier molecular flexibility index (Phi) is 5.04. The van der Waals surface area contributed by atoms with Crippen LogP contribution in [0.25, 0.3) is 0 Å². The number of amides is 1. The molecule has 1 N–H and O–H groups in total. The first-order chi connectivity index (χ1) is 12.7. The molecule has 2 aromatic rings. The topological polar surface area (TPSA) is 121 Å². The maximum Gasteiger partial charge on any atom is 0.255 e. The molecule has 1 aliphatic heterocycles. The maximum atomic E-state index is 12.6. The van der Waals surface area contributed by atoms with E-state index in [0.717, 1.165) is 0 Å². The van der Waals surface area contributed by atoms with Crippen molar-refractivity contribution in [3.8, 4) is 6.07 Å². The SMILES string of the molecule is N#Cc1ccccc1NC(=O)c1ccc(S(=O)(=O)C2CCS(=O)(=O)C2)cc1. The van der Waals surface area contributed by atoms with Gasteiger partial charge in [0.1, 0.15) is 6.07 Å². The van der Waals surface area contributed by atoms with Crippen molar-refractivity contribution in [2.45, 2.75) is 16.6 Å². The Labute approximate surface area is 157 Å². The van der Waals surface area contributed by atoms with Crippen LogP contribution >= 0.6 is 0 Å². The molecule has 1 unspecified atom stereocenters. The molecule has 0 aliphatic carbocycles. The molecule has 0 bridgehead atoms. The van der Waals surface area contributed by atoms with E-state index in [1.807, 2.05) is 6.07 Å². The number of carbonyl (C=O) groups is 1. The Hall–Kier alpha value is -2.70. The summed E-state index contributed by atoms with van der Waals surface area (Å²) in [4.78, 5) is 12.3. The van der Waals surface area contributed by atoms with Gasteiger partial charge in [-0.05, 0) is 42.8 Å². The zero-order valence-electron chi connectivity index (χ0n) is 14.1. The number of nitrogens with one attached hydrogen (secondary N) is 1. The highest BCUT2D eigenvalue weighted by molar-refractivity contribution is 7.96. The fourth-order valence-corrected chi connectivity index (χ4v) is 7.24. The summed E-state index contributed by atoms with van der Waals surface area (Å²) in [5, 5.41) is 10.7. The molecular weight excluding hydrogens is 388 g/mol. The molecule has 0 aromatic heterocycles. The lowest BCUT2D eigenvalue weighted by Crippen LogP contribution is -2.23. The third-order valence-electron chi connectivity index (χ3n) is 4.37. The van der Waals surface area contributed by atoms with Crippen LogP contribution in [0.2, 0.25) is 0 Å². The largest absolute Gasteiger partial charge is 0.321 e. The number of anilines is 1. The Bertz CT molecular complexity index is 1130. The van der Waals surface area contributed by atoms with Crippen molar-refractivity contribution in [3.05, 3.63) is 59.7 Å². The van der Waals surface area contributed by atoms with Gasteiger partial charge in [0, 0.05) is 5.56 Å². The standard InChI is InChI=1S/C18H16N2O5S2/c19-11-14-3-1-2-4-17(14)20-18(21)13-5-7-15(8-6-13)27(24,25)16-9-10-26(22,23)12-16/h1-8,16H,9-10,12H2,(H,20,21). The van der Waals surface area contributed by atoms with E-state index >= 15 is 0 Å². The molecule has 7 nitrogen and oxygen atoms in total. The van der Waals surface area contributed by atoms with Crippen molar-refractivity contribution >= 4 is 31.3 Å². The highest BCUT2D eigenvalue weighted by Crippen LogP contribution is 2.25. The first-order valence-corrected chi connectivity index (χ1v) is 11.4. The van der Waals surface area contributed by atoms with Crippen molar-refractivity contribution < 1.29 is 21.6 Å². The first kappa shape index (κ1) is 19.1. The van der Waals surface area contributed by atoms with Crippen LogP contribution in [0.3, 0.4) is 0 Å². The van der Waals surface area contributed by atoms with Gasteiger partial charge in [-0.1, -0.05) is 12.1 Å². The van der Waals surface area contributed by atoms with E-state index in [1.54, 1.807) is 24.3 Å². The molecule has 0 radical (unpaired) electrons. The molecule has 9 heteroatoms. The van der Waals surface area contributed by atoms with Crippen LogP contribution in [0, 0.1) is 11.3 Å². The second-order valence-corrected chi connectivity index (χ2v) is 10.7. The summed E-state index contributed by atoms with van der Waals surface area (Å²) in [5.41, 5.74) is 0.895. The molecule has 1 atom stereocenters. The molecule has 0 saturated carbocycles. The Morgan fingerprint density at radius 1 is 1.11 bits per heavy atom. The van der Waals surface area contributed by atoms with E-state index in [1.165, 1.54) is 24.3 Å². The minimum atomic E-state index is -3.78. The number of hydrogen-bond acceptors (Lipinski definition) is 6. The highest BCUT2D eigenvalue weighted by Gasteiger charge is 2.37. The van der Waals surface area contributed by atoms with Crippen molar-refractivity contribution in [1.29, 1.82) is 5.26 Å². The molecule has 1 aliphatic rings. The number of hydrogen-bond donors (Lipinski definition) is 1. The van der Waals surface area contributed by atoms with Gasteiger partial charge in [0.15, 0.2) is 19.7 Å². The molecule has 0 spiro atoms. The lowest BCUT2D eigenvalue weighted by Gasteiger charge is -2.11. The van der Waals surface area contributed by atoms with Crippen LogP contribution in [0.4, 0.5) is 5.69 Å². The van der Waals surface area contributed by atoms with Gasteiger partial charge in [-0.3, -0.25) is 4.79 Å². The first-order valence-electron chi connectivity index (χ1n) is 8.08. The molecule has 1 heterocycles. The number of nitriles is 1. The summed E-state index contributed by atoms with van der Waals surface area (Å²) in [6.45, 7) is 0. The summed E-state index contributed by atoms with van der Waals surface area (Å²) in [6, 6.07) is 13.8.